The first-order valence-electron chi connectivity index (χ1n) is 5.46. The van der Waals surface area contributed by atoms with Gasteiger partial charge in [0.1, 0.15) is 0 Å². The predicted molar refractivity (Wildman–Crippen MR) is 70.3 cm³/mol. The number of halogens is 4. The van der Waals surface area contributed by atoms with Crippen LogP contribution in [0.3, 0.4) is 0 Å². The molecule has 0 aliphatic carbocycles. The topological polar surface area (TPSA) is 46.9 Å². The summed E-state index contributed by atoms with van der Waals surface area (Å²) < 4.78 is 40.2. The SMILES string of the molecule is Cn1cc(Br)c(C(=O)Nc2ccccc2C(F)(F)F)n1. The van der Waals surface area contributed by atoms with Crippen LogP contribution >= 0.6 is 15.9 Å². The first-order valence-corrected chi connectivity index (χ1v) is 6.25. The van der Waals surface area contributed by atoms with Crippen LogP contribution in [-0.2, 0) is 13.2 Å². The molecule has 0 fully saturated rings. The van der Waals surface area contributed by atoms with Gasteiger partial charge in [0, 0.05) is 13.2 Å². The van der Waals surface area contributed by atoms with Crippen molar-refractivity contribution in [3.05, 3.63) is 46.2 Å². The molecule has 1 amide bonds. The molecule has 1 heterocycles. The lowest BCUT2D eigenvalue weighted by Gasteiger charge is -2.12. The largest absolute Gasteiger partial charge is 0.418 e. The molecule has 0 unspecified atom stereocenters. The third-order valence-corrected chi connectivity index (χ3v) is 3.06. The summed E-state index contributed by atoms with van der Waals surface area (Å²) in [6.45, 7) is 0. The van der Waals surface area contributed by atoms with E-state index in [0.29, 0.717) is 4.47 Å². The summed E-state index contributed by atoms with van der Waals surface area (Å²) in [5, 5.41) is 6.10. The lowest BCUT2D eigenvalue weighted by atomic mass is 10.1. The second kappa shape index (κ2) is 5.28. The molecule has 2 rings (SSSR count). The Bertz CT molecular complexity index is 652. The number of nitrogens with one attached hydrogen (secondary N) is 1. The van der Waals surface area contributed by atoms with Crippen LogP contribution in [0.1, 0.15) is 16.1 Å². The van der Waals surface area contributed by atoms with Crippen molar-refractivity contribution in [1.29, 1.82) is 0 Å². The Morgan fingerprint density at radius 2 is 2.00 bits per heavy atom. The minimum Gasteiger partial charge on any atom is -0.320 e. The molecule has 0 radical (unpaired) electrons. The lowest BCUT2D eigenvalue weighted by Crippen LogP contribution is -2.17. The molecule has 4 nitrogen and oxygen atoms in total. The normalized spacial score (nSPS) is 11.4. The number of nitrogens with zero attached hydrogens (tertiary/aromatic N) is 2. The van der Waals surface area contributed by atoms with E-state index in [1.165, 1.54) is 29.1 Å². The number of hydrogen-bond acceptors (Lipinski definition) is 2. The molecule has 8 heteroatoms. The van der Waals surface area contributed by atoms with Gasteiger partial charge in [0.25, 0.3) is 5.91 Å². The third kappa shape index (κ3) is 3.01. The highest BCUT2D eigenvalue weighted by Crippen LogP contribution is 2.34. The fourth-order valence-electron chi connectivity index (χ4n) is 1.63. The van der Waals surface area contributed by atoms with Crippen LogP contribution in [0, 0.1) is 0 Å². The van der Waals surface area contributed by atoms with Crippen molar-refractivity contribution in [3.63, 3.8) is 0 Å². The second-order valence-electron chi connectivity index (χ2n) is 4.00. The molecule has 106 valence electrons. The summed E-state index contributed by atoms with van der Waals surface area (Å²) in [4.78, 5) is 11.9. The molecule has 0 aliphatic heterocycles. The van der Waals surface area contributed by atoms with Gasteiger partial charge in [0.15, 0.2) is 5.69 Å². The Morgan fingerprint density at radius 1 is 1.35 bits per heavy atom. The summed E-state index contributed by atoms with van der Waals surface area (Å²) >= 11 is 3.12. The monoisotopic (exact) mass is 347 g/mol. The van der Waals surface area contributed by atoms with E-state index in [2.05, 4.69) is 26.3 Å². The fourth-order valence-corrected chi connectivity index (χ4v) is 2.19. The van der Waals surface area contributed by atoms with E-state index in [-0.39, 0.29) is 11.4 Å². The van der Waals surface area contributed by atoms with E-state index in [0.717, 1.165) is 6.07 Å². The van der Waals surface area contributed by atoms with Gasteiger partial charge in [-0.2, -0.15) is 18.3 Å². The molecule has 0 bridgehead atoms. The van der Waals surface area contributed by atoms with Crippen molar-refractivity contribution in [3.8, 4) is 0 Å². The highest BCUT2D eigenvalue weighted by atomic mass is 79.9. The van der Waals surface area contributed by atoms with Crippen LogP contribution in [-0.4, -0.2) is 15.7 Å². The van der Waals surface area contributed by atoms with Gasteiger partial charge in [-0.15, -0.1) is 0 Å². The Kier molecular flexibility index (Phi) is 3.85. The third-order valence-electron chi connectivity index (χ3n) is 2.48. The first kappa shape index (κ1) is 14.6. The van der Waals surface area contributed by atoms with Crippen LogP contribution in [0.4, 0.5) is 18.9 Å². The zero-order chi connectivity index (χ0) is 14.9. The van der Waals surface area contributed by atoms with Crippen LogP contribution in [0.5, 0.6) is 0 Å². The van der Waals surface area contributed by atoms with Gasteiger partial charge in [-0.05, 0) is 28.1 Å². The van der Waals surface area contributed by atoms with Crippen LogP contribution in [0.15, 0.2) is 34.9 Å². The molecule has 0 saturated carbocycles. The van der Waals surface area contributed by atoms with E-state index >= 15 is 0 Å². The number of alkyl halides is 3. The van der Waals surface area contributed by atoms with Gasteiger partial charge in [0.2, 0.25) is 0 Å². The zero-order valence-corrected chi connectivity index (χ0v) is 11.8. The van der Waals surface area contributed by atoms with Gasteiger partial charge in [-0.3, -0.25) is 9.48 Å². The average Bonchev–Trinajstić information content (AvgIpc) is 2.68. The van der Waals surface area contributed by atoms with Crippen molar-refractivity contribution < 1.29 is 18.0 Å². The van der Waals surface area contributed by atoms with Crippen LogP contribution < -0.4 is 5.32 Å². The molecule has 1 aromatic carbocycles. The van der Waals surface area contributed by atoms with E-state index in [1.54, 1.807) is 7.05 Å². The molecule has 20 heavy (non-hydrogen) atoms. The van der Waals surface area contributed by atoms with Gasteiger partial charge in [0.05, 0.1) is 15.7 Å². The molecular weight excluding hydrogens is 339 g/mol. The zero-order valence-electron chi connectivity index (χ0n) is 10.2. The van der Waals surface area contributed by atoms with Gasteiger partial charge in [-0.1, -0.05) is 12.1 Å². The van der Waals surface area contributed by atoms with Crippen LogP contribution in [0.2, 0.25) is 0 Å². The standard InChI is InChI=1S/C12H9BrF3N3O/c1-19-6-8(13)10(18-19)11(20)17-9-5-3-2-4-7(9)12(14,15)16/h2-6H,1H3,(H,17,20). The number of amides is 1. The van der Waals surface area contributed by atoms with E-state index < -0.39 is 17.6 Å². The van der Waals surface area contributed by atoms with Crippen molar-refractivity contribution in [1.82, 2.24) is 9.78 Å². The number of anilines is 1. The number of para-hydroxylation sites is 1. The van der Waals surface area contributed by atoms with E-state index in [4.69, 9.17) is 0 Å². The smallest absolute Gasteiger partial charge is 0.320 e. The number of carbonyl (C=O) groups is 1. The van der Waals surface area contributed by atoms with Gasteiger partial charge < -0.3 is 5.32 Å². The Balaban J connectivity index is 2.31. The number of benzene rings is 1. The number of aryl methyl sites for hydroxylation is 1. The summed E-state index contributed by atoms with van der Waals surface area (Å²) in [7, 11) is 1.60. The highest BCUT2D eigenvalue weighted by molar-refractivity contribution is 9.10. The second-order valence-corrected chi connectivity index (χ2v) is 4.85. The fraction of sp³-hybridized carbons (Fsp3) is 0.167. The van der Waals surface area contributed by atoms with Gasteiger partial charge in [-0.25, -0.2) is 0 Å². The maximum Gasteiger partial charge on any atom is 0.418 e. The highest BCUT2D eigenvalue weighted by Gasteiger charge is 2.33. The maximum absolute atomic E-state index is 12.8. The number of carbonyl (C=O) groups excluding carboxylic acids is 1. The maximum atomic E-state index is 12.8. The molecular formula is C12H9BrF3N3O. The molecule has 1 aromatic heterocycles. The van der Waals surface area contributed by atoms with Crippen molar-refractivity contribution in [2.45, 2.75) is 6.18 Å². The predicted octanol–water partition coefficient (Wildman–Crippen LogP) is 3.45. The molecule has 0 atom stereocenters. The lowest BCUT2D eigenvalue weighted by molar-refractivity contribution is -0.136. The molecule has 2 aromatic rings. The molecule has 0 saturated heterocycles. The Hall–Kier alpha value is -1.83. The summed E-state index contributed by atoms with van der Waals surface area (Å²) in [5.74, 6) is -0.714. The minimum absolute atomic E-state index is 0.0180. The number of rotatable bonds is 2. The van der Waals surface area contributed by atoms with Gasteiger partial charge >= 0.3 is 6.18 Å². The Morgan fingerprint density at radius 3 is 2.55 bits per heavy atom. The van der Waals surface area contributed by atoms with E-state index in [9.17, 15) is 18.0 Å². The summed E-state index contributed by atoms with van der Waals surface area (Å²) in [5.41, 5.74) is -1.19. The van der Waals surface area contributed by atoms with Crippen molar-refractivity contribution >= 4 is 27.5 Å². The number of hydrogen-bond donors (Lipinski definition) is 1. The Labute approximate surface area is 120 Å². The average molecular weight is 348 g/mol. The quantitative estimate of drug-likeness (QED) is 0.904. The summed E-state index contributed by atoms with van der Waals surface area (Å²) in [6.07, 6.45) is -3.00. The molecule has 0 spiro atoms. The molecule has 0 aliphatic rings. The molecule has 1 N–H and O–H groups in total. The first-order chi connectivity index (χ1) is 9.29. The van der Waals surface area contributed by atoms with Crippen molar-refractivity contribution in [2.24, 2.45) is 7.05 Å². The summed E-state index contributed by atoms with van der Waals surface area (Å²) in [6, 6.07) is 4.77. The van der Waals surface area contributed by atoms with Crippen molar-refractivity contribution in [2.75, 3.05) is 5.32 Å². The van der Waals surface area contributed by atoms with E-state index in [1.807, 2.05) is 0 Å². The van der Waals surface area contributed by atoms with Crippen LogP contribution in [0.25, 0.3) is 0 Å². The minimum atomic E-state index is -4.54. The number of aromatic nitrogens is 2.